The second-order valence-electron chi connectivity index (χ2n) is 9.12. The number of aromatic amines is 1. The van der Waals surface area contributed by atoms with Gasteiger partial charge in [0.2, 0.25) is 0 Å². The van der Waals surface area contributed by atoms with Crippen LogP contribution in [0, 0.1) is 0 Å². The van der Waals surface area contributed by atoms with E-state index in [0.29, 0.717) is 26.2 Å². The van der Waals surface area contributed by atoms with Gasteiger partial charge in [-0.1, -0.05) is 78.9 Å². The lowest BCUT2D eigenvalue weighted by Crippen LogP contribution is -2.52. The van der Waals surface area contributed by atoms with Gasteiger partial charge in [-0.05, 0) is 29.2 Å². The molecule has 1 saturated heterocycles. The van der Waals surface area contributed by atoms with Crippen LogP contribution in [0.3, 0.4) is 0 Å². The Labute approximate surface area is 211 Å². The number of benzene rings is 3. The molecule has 0 unspecified atom stereocenters. The third-order valence-corrected chi connectivity index (χ3v) is 6.58. The molecule has 3 aromatic carbocycles. The zero-order valence-electron chi connectivity index (χ0n) is 20.3. The number of fused-ring (bicyclic) bond motifs is 1. The zero-order chi connectivity index (χ0) is 24.6. The second kappa shape index (κ2) is 12.3. The molecule has 2 heterocycles. The molecular weight excluding hydrogens is 454 g/mol. The van der Waals surface area contributed by atoms with Gasteiger partial charge in [0.1, 0.15) is 6.10 Å². The van der Waals surface area contributed by atoms with E-state index >= 15 is 0 Å². The van der Waals surface area contributed by atoms with Gasteiger partial charge in [-0.25, -0.2) is 0 Å². The summed E-state index contributed by atoms with van der Waals surface area (Å²) in [5.74, 6) is 0. The van der Waals surface area contributed by atoms with Crippen LogP contribution in [0.25, 0.3) is 10.9 Å². The van der Waals surface area contributed by atoms with Gasteiger partial charge in [0, 0.05) is 23.5 Å². The van der Waals surface area contributed by atoms with Crippen molar-refractivity contribution in [2.75, 3.05) is 13.2 Å². The van der Waals surface area contributed by atoms with Crippen molar-refractivity contribution in [3.63, 3.8) is 0 Å². The van der Waals surface area contributed by atoms with Crippen molar-refractivity contribution in [3.8, 4) is 0 Å². The Bertz CT molecular complexity index is 1200. The van der Waals surface area contributed by atoms with Crippen LogP contribution in [-0.2, 0) is 38.6 Å². The molecule has 6 heteroatoms. The Hall–Kier alpha value is -3.00. The van der Waals surface area contributed by atoms with Gasteiger partial charge in [-0.3, -0.25) is 0 Å². The number of H-pyrrole nitrogens is 1. The van der Waals surface area contributed by atoms with Crippen molar-refractivity contribution in [2.45, 2.75) is 50.7 Å². The van der Waals surface area contributed by atoms with Gasteiger partial charge in [0.05, 0.1) is 38.6 Å². The number of rotatable bonds is 11. The Morgan fingerprint density at radius 1 is 0.806 bits per heavy atom. The van der Waals surface area contributed by atoms with E-state index in [4.69, 9.17) is 18.9 Å². The van der Waals surface area contributed by atoms with Crippen molar-refractivity contribution in [2.24, 2.45) is 0 Å². The lowest BCUT2D eigenvalue weighted by molar-refractivity contribution is -0.291. The Balaban J connectivity index is 1.28. The van der Waals surface area contributed by atoms with Gasteiger partial charge in [-0.2, -0.15) is 0 Å². The van der Waals surface area contributed by atoms with Crippen molar-refractivity contribution in [1.29, 1.82) is 0 Å². The third-order valence-electron chi connectivity index (χ3n) is 6.58. The Morgan fingerprint density at radius 2 is 1.47 bits per heavy atom. The van der Waals surface area contributed by atoms with Crippen LogP contribution >= 0.6 is 0 Å². The first-order valence-corrected chi connectivity index (χ1v) is 12.5. The minimum absolute atomic E-state index is 0.0983. The number of aliphatic hydroxyl groups excluding tert-OH is 1. The summed E-state index contributed by atoms with van der Waals surface area (Å²) >= 11 is 0. The molecule has 4 aromatic rings. The molecule has 2 N–H and O–H groups in total. The summed E-state index contributed by atoms with van der Waals surface area (Å²) in [4.78, 5) is 3.31. The minimum atomic E-state index is -0.648. The average Bonchev–Trinajstić information content (AvgIpc) is 3.35. The maximum absolute atomic E-state index is 9.92. The first-order chi connectivity index (χ1) is 17.8. The molecular formula is C30H33NO5. The highest BCUT2D eigenvalue weighted by molar-refractivity contribution is 5.83. The first kappa shape index (κ1) is 24.7. The normalized spacial score (nSPS) is 22.1. The molecule has 1 aliphatic rings. The summed E-state index contributed by atoms with van der Waals surface area (Å²) < 4.78 is 25.1. The van der Waals surface area contributed by atoms with E-state index in [1.165, 1.54) is 10.9 Å². The van der Waals surface area contributed by atoms with Gasteiger partial charge in [-0.15, -0.1) is 0 Å². The fourth-order valence-electron chi connectivity index (χ4n) is 4.66. The fourth-order valence-corrected chi connectivity index (χ4v) is 4.66. The van der Waals surface area contributed by atoms with Crippen LogP contribution < -0.4 is 0 Å². The quantitative estimate of drug-likeness (QED) is 0.311. The van der Waals surface area contributed by atoms with Gasteiger partial charge >= 0.3 is 0 Å². The highest BCUT2D eigenvalue weighted by Crippen LogP contribution is 2.28. The summed E-state index contributed by atoms with van der Waals surface area (Å²) in [7, 11) is 0. The molecule has 0 bridgehead atoms. The summed E-state index contributed by atoms with van der Waals surface area (Å²) in [6.07, 6.45) is 1.56. The molecule has 0 aliphatic carbocycles. The minimum Gasteiger partial charge on any atom is -0.394 e. The molecule has 1 aromatic heterocycles. The van der Waals surface area contributed by atoms with E-state index in [-0.39, 0.29) is 18.8 Å². The summed E-state index contributed by atoms with van der Waals surface area (Å²) in [6.45, 7) is 1.24. The van der Waals surface area contributed by atoms with E-state index in [1.807, 2.05) is 79.0 Å². The van der Waals surface area contributed by atoms with Crippen molar-refractivity contribution in [1.82, 2.24) is 4.98 Å². The maximum Gasteiger partial charge on any atom is 0.186 e. The van der Waals surface area contributed by atoms with E-state index in [9.17, 15) is 5.11 Å². The van der Waals surface area contributed by atoms with Gasteiger partial charge in [0.25, 0.3) is 0 Å². The van der Waals surface area contributed by atoms with Crippen molar-refractivity contribution >= 4 is 10.9 Å². The standard InChI is InChI=1S/C30H33NO5/c32-19-25-17-28(34-20-22-9-3-1-4-10-22)29(35-21-23-11-5-2-6-12-23)30(36-25)33-16-15-24-18-31-27-14-8-7-13-26(24)27/h1-14,18,25,28-32H,15-17,19-21H2/t25-,28-,29+,30-/m0/s1. The summed E-state index contributed by atoms with van der Waals surface area (Å²) in [5, 5.41) is 11.1. The van der Waals surface area contributed by atoms with Crippen molar-refractivity contribution < 1.29 is 24.1 Å². The van der Waals surface area contributed by atoms with E-state index in [2.05, 4.69) is 17.1 Å². The van der Waals surface area contributed by atoms with Crippen molar-refractivity contribution in [3.05, 3.63) is 108 Å². The molecule has 4 atom stereocenters. The number of aliphatic hydroxyl groups is 1. The Morgan fingerprint density at radius 3 is 2.19 bits per heavy atom. The molecule has 1 aliphatic heterocycles. The largest absolute Gasteiger partial charge is 0.394 e. The van der Waals surface area contributed by atoms with Crippen LogP contribution in [-0.4, -0.2) is 47.9 Å². The second-order valence-corrected chi connectivity index (χ2v) is 9.12. The number of nitrogens with one attached hydrogen (secondary N) is 1. The number of hydrogen-bond donors (Lipinski definition) is 2. The number of para-hydroxylation sites is 1. The molecule has 36 heavy (non-hydrogen) atoms. The number of ether oxygens (including phenoxy) is 4. The van der Waals surface area contributed by atoms with Crippen LogP contribution in [0.5, 0.6) is 0 Å². The van der Waals surface area contributed by atoms with E-state index in [1.54, 1.807) is 0 Å². The summed E-state index contributed by atoms with van der Waals surface area (Å²) in [5.41, 5.74) is 4.46. The molecule has 188 valence electrons. The molecule has 5 rings (SSSR count). The summed E-state index contributed by atoms with van der Waals surface area (Å²) in [6, 6.07) is 28.4. The van der Waals surface area contributed by atoms with Crippen LogP contribution in [0.2, 0.25) is 0 Å². The monoisotopic (exact) mass is 487 g/mol. The van der Waals surface area contributed by atoms with E-state index in [0.717, 1.165) is 23.1 Å². The van der Waals surface area contributed by atoms with E-state index < -0.39 is 12.4 Å². The van der Waals surface area contributed by atoms with Crippen LogP contribution in [0.4, 0.5) is 0 Å². The smallest absolute Gasteiger partial charge is 0.186 e. The van der Waals surface area contributed by atoms with Gasteiger partial charge in [0.15, 0.2) is 6.29 Å². The first-order valence-electron chi connectivity index (χ1n) is 12.5. The highest BCUT2D eigenvalue weighted by atomic mass is 16.7. The van der Waals surface area contributed by atoms with Crippen LogP contribution in [0.15, 0.2) is 91.1 Å². The molecule has 0 amide bonds. The maximum atomic E-state index is 9.92. The number of hydrogen-bond acceptors (Lipinski definition) is 5. The molecule has 6 nitrogen and oxygen atoms in total. The molecule has 1 fully saturated rings. The van der Waals surface area contributed by atoms with Gasteiger partial charge < -0.3 is 29.0 Å². The lowest BCUT2D eigenvalue weighted by atomic mass is 10.0. The predicted molar refractivity (Wildman–Crippen MR) is 138 cm³/mol. The predicted octanol–water partition coefficient (Wildman–Crippen LogP) is 5.01. The fraction of sp³-hybridized carbons (Fsp3) is 0.333. The Kier molecular flexibility index (Phi) is 8.43. The molecule has 0 saturated carbocycles. The average molecular weight is 488 g/mol. The highest BCUT2D eigenvalue weighted by Gasteiger charge is 2.41. The lowest BCUT2D eigenvalue weighted by Gasteiger charge is -2.40. The topological polar surface area (TPSA) is 72.9 Å². The molecule has 0 radical (unpaired) electrons. The van der Waals surface area contributed by atoms with Crippen LogP contribution in [0.1, 0.15) is 23.1 Å². The zero-order valence-corrected chi connectivity index (χ0v) is 20.3. The third kappa shape index (κ3) is 6.22. The SMILES string of the molecule is OC[C@@H]1C[C@H](OCc2ccccc2)[C@@H](OCc2ccccc2)[C@@H](OCCc2c[nH]c3ccccc23)O1. The number of aromatic nitrogens is 1. The molecule has 0 spiro atoms.